The van der Waals surface area contributed by atoms with E-state index in [0.717, 1.165) is 51.4 Å². The van der Waals surface area contributed by atoms with Crippen molar-refractivity contribution in [3.63, 3.8) is 0 Å². The van der Waals surface area contributed by atoms with Crippen LogP contribution in [-0.2, 0) is 20.5 Å². The fourth-order valence-corrected chi connectivity index (χ4v) is 12.8. The Labute approximate surface area is 317 Å². The van der Waals surface area contributed by atoms with Gasteiger partial charge in [0.15, 0.2) is 0 Å². The van der Waals surface area contributed by atoms with E-state index in [1.165, 1.54) is 23.1 Å². The highest BCUT2D eigenvalue weighted by atomic mass is 32.2. The van der Waals surface area contributed by atoms with Gasteiger partial charge < -0.3 is 10.4 Å². The van der Waals surface area contributed by atoms with Crippen molar-refractivity contribution >= 4 is 16.0 Å². The first-order valence-corrected chi connectivity index (χ1v) is 21.8. The average molecular weight is 741 g/mol. The summed E-state index contributed by atoms with van der Waals surface area (Å²) in [4.78, 5) is 12.5. The van der Waals surface area contributed by atoms with Gasteiger partial charge in [0.2, 0.25) is 5.91 Å². The van der Waals surface area contributed by atoms with Gasteiger partial charge in [0.05, 0.1) is 17.4 Å². The van der Waals surface area contributed by atoms with Crippen LogP contribution in [0.15, 0.2) is 91.0 Å². The molecule has 0 aromatic heterocycles. The minimum atomic E-state index is -4.09. The van der Waals surface area contributed by atoms with Gasteiger partial charge in [-0.05, 0) is 121 Å². The number of rotatable bonds is 12. The van der Waals surface area contributed by atoms with Crippen LogP contribution >= 0.6 is 0 Å². The fraction of sp³-hybridized carbons (Fsp3) is 0.578. The number of aliphatic hydroxyl groups excluding tert-OH is 1. The molecule has 0 radical (unpaired) electrons. The number of aliphatic hydroxyl groups is 1. The van der Waals surface area contributed by atoms with Crippen molar-refractivity contribution in [1.82, 2.24) is 10.6 Å². The number of carbonyl (C=O) groups excluding carboxylic acids is 1. The predicted octanol–water partition coefficient (Wildman–Crippen LogP) is 7.99. The monoisotopic (exact) mass is 740 g/mol. The van der Waals surface area contributed by atoms with E-state index in [9.17, 15) is 18.3 Å². The van der Waals surface area contributed by atoms with E-state index in [1.807, 2.05) is 0 Å². The van der Waals surface area contributed by atoms with Crippen LogP contribution in [0.5, 0.6) is 0 Å². The van der Waals surface area contributed by atoms with Crippen LogP contribution in [-0.4, -0.2) is 48.4 Å². The minimum Gasteiger partial charge on any atom is -0.393 e. The van der Waals surface area contributed by atoms with Gasteiger partial charge in [0, 0.05) is 19.0 Å². The predicted molar refractivity (Wildman–Crippen MR) is 211 cm³/mol. The molecule has 1 unspecified atom stereocenters. The summed E-state index contributed by atoms with van der Waals surface area (Å²) in [5.74, 6) is 2.00. The van der Waals surface area contributed by atoms with Crippen LogP contribution < -0.4 is 10.6 Å². The number of benzene rings is 3. The van der Waals surface area contributed by atoms with E-state index in [-0.39, 0.29) is 29.4 Å². The van der Waals surface area contributed by atoms with Crippen molar-refractivity contribution in [2.45, 2.75) is 103 Å². The molecule has 4 N–H and O–H groups in total. The highest BCUT2D eigenvalue weighted by molar-refractivity contribution is 7.85. The van der Waals surface area contributed by atoms with Crippen molar-refractivity contribution in [2.24, 2.45) is 46.3 Å². The summed E-state index contributed by atoms with van der Waals surface area (Å²) in [6.45, 7) is 7.25. The number of carbonyl (C=O) groups is 1. The van der Waals surface area contributed by atoms with Crippen LogP contribution in [0.4, 0.5) is 0 Å². The molecule has 4 saturated carbocycles. The molecule has 7 nitrogen and oxygen atoms in total. The molecule has 0 saturated heterocycles. The van der Waals surface area contributed by atoms with Gasteiger partial charge in [-0.25, -0.2) is 0 Å². The Bertz CT molecular complexity index is 1710. The summed E-state index contributed by atoms with van der Waals surface area (Å²) in [5.41, 5.74) is 3.56. The van der Waals surface area contributed by atoms with Gasteiger partial charge in [0.25, 0.3) is 10.1 Å². The smallest absolute Gasteiger partial charge is 0.266 e. The quantitative estimate of drug-likeness (QED) is 0.111. The second kappa shape index (κ2) is 15.2. The number of hydrogen-bond donors (Lipinski definition) is 4. The largest absolute Gasteiger partial charge is 0.393 e. The molecule has 0 bridgehead atoms. The second-order valence-electron chi connectivity index (χ2n) is 17.6. The lowest BCUT2D eigenvalue weighted by Gasteiger charge is -2.63. The Kier molecular flexibility index (Phi) is 11.0. The maximum Gasteiger partial charge on any atom is 0.266 e. The number of nitrogens with one attached hydrogen (secondary N) is 2. The first-order chi connectivity index (χ1) is 25.3. The lowest BCUT2D eigenvalue weighted by atomic mass is 9.43. The van der Waals surface area contributed by atoms with Crippen molar-refractivity contribution in [3.8, 4) is 0 Å². The summed E-state index contributed by atoms with van der Waals surface area (Å²) in [6, 6.07) is 33.0. The molecule has 3 aromatic rings. The van der Waals surface area contributed by atoms with Crippen LogP contribution in [0.1, 0.15) is 102 Å². The fourth-order valence-electron chi connectivity index (χ4n) is 12.4. The first-order valence-electron chi connectivity index (χ1n) is 20.2. The molecule has 286 valence electrons. The maximum absolute atomic E-state index is 12.5. The van der Waals surface area contributed by atoms with E-state index >= 15 is 0 Å². The summed E-state index contributed by atoms with van der Waals surface area (Å²) >= 11 is 0. The first kappa shape index (κ1) is 38.2. The molecule has 10 atom stereocenters. The van der Waals surface area contributed by atoms with Gasteiger partial charge in [0.1, 0.15) is 0 Å². The summed E-state index contributed by atoms with van der Waals surface area (Å²) in [5, 5.41) is 19.1. The third-order valence-electron chi connectivity index (χ3n) is 15.0. The van der Waals surface area contributed by atoms with Gasteiger partial charge in [-0.2, -0.15) is 8.42 Å². The van der Waals surface area contributed by atoms with Crippen molar-refractivity contribution in [1.29, 1.82) is 0 Å². The highest BCUT2D eigenvalue weighted by Gasteiger charge is 2.63. The number of fused-ring (bicyclic) bond motifs is 5. The molecule has 8 heteroatoms. The van der Waals surface area contributed by atoms with Gasteiger partial charge in [-0.15, -0.1) is 0 Å². The Morgan fingerprint density at radius 1 is 0.811 bits per heavy atom. The summed E-state index contributed by atoms with van der Waals surface area (Å²) in [7, 11) is -4.09. The zero-order valence-electron chi connectivity index (χ0n) is 31.8. The van der Waals surface area contributed by atoms with E-state index in [0.29, 0.717) is 48.0 Å². The molecule has 0 spiro atoms. The molecule has 3 aromatic carbocycles. The van der Waals surface area contributed by atoms with E-state index in [1.54, 1.807) is 0 Å². The van der Waals surface area contributed by atoms with Gasteiger partial charge in [-0.3, -0.25) is 14.7 Å². The van der Waals surface area contributed by atoms with Crippen molar-refractivity contribution < 1.29 is 22.9 Å². The summed E-state index contributed by atoms with van der Waals surface area (Å²) in [6.07, 6.45) is 9.59. The van der Waals surface area contributed by atoms with Crippen LogP contribution in [0, 0.1) is 46.3 Å². The maximum atomic E-state index is 12.5. The molecule has 1 amide bonds. The zero-order chi connectivity index (χ0) is 37.4. The van der Waals surface area contributed by atoms with Crippen LogP contribution in [0.25, 0.3) is 0 Å². The lowest BCUT2D eigenvalue weighted by molar-refractivity contribution is -0.167. The Morgan fingerprint density at radius 2 is 1.36 bits per heavy atom. The molecular weight excluding hydrogens is 681 g/mol. The third-order valence-corrected chi connectivity index (χ3v) is 15.7. The molecular formula is C45H60N2O5S. The minimum absolute atomic E-state index is 0.0687. The third kappa shape index (κ3) is 7.38. The molecule has 0 heterocycles. The number of hydrogen-bond acceptors (Lipinski definition) is 5. The molecule has 0 aliphatic heterocycles. The van der Waals surface area contributed by atoms with Crippen molar-refractivity contribution in [2.75, 3.05) is 12.3 Å². The van der Waals surface area contributed by atoms with E-state index in [4.69, 9.17) is 4.55 Å². The van der Waals surface area contributed by atoms with Gasteiger partial charge >= 0.3 is 0 Å². The Morgan fingerprint density at radius 3 is 1.92 bits per heavy atom. The Balaban J connectivity index is 1.07. The average Bonchev–Trinajstić information content (AvgIpc) is 3.51. The molecule has 4 fully saturated rings. The normalized spacial score (nSPS) is 33.3. The number of amides is 1. The molecule has 4 aliphatic carbocycles. The van der Waals surface area contributed by atoms with Crippen LogP contribution in [0.2, 0.25) is 0 Å². The highest BCUT2D eigenvalue weighted by Crippen LogP contribution is 2.68. The molecule has 7 rings (SSSR count). The molecule has 53 heavy (non-hydrogen) atoms. The zero-order valence-corrected chi connectivity index (χ0v) is 32.6. The topological polar surface area (TPSA) is 116 Å². The SMILES string of the molecule is C[C@H](CCC(=O)NCCS(=O)(=O)O)[C@H]1CC[C@H]2[C@@H]3[C@@H](O)CC4C[C@H](NC(c5ccccc5)(c5ccccc5)c5ccccc5)CC[C@]4(C)[C@H]3CC[C@]12C. The standard InChI is InChI=1S/C45H60N2O5S/c1-31(19-22-41(49)46-27-28-53(50,51)52)37-20-21-38-42-39(24-26-44(37,38)3)43(2)25-23-36(29-35(43)30-40(42)48)47-45(32-13-7-4-8-14-32,33-15-9-5-10-16-33)34-17-11-6-12-18-34/h4-18,31,35-40,42,47-48H,19-30H2,1-3H3,(H,46,49)(H,50,51,52)/t31-,35?,36-,37-,38+,39+,40+,42+,43+,44-/m1/s1. The molecule has 4 aliphatic rings. The second-order valence-corrected chi connectivity index (χ2v) is 19.2. The summed E-state index contributed by atoms with van der Waals surface area (Å²) < 4.78 is 31.1. The lowest BCUT2D eigenvalue weighted by Crippen LogP contribution is -2.60. The van der Waals surface area contributed by atoms with E-state index < -0.39 is 21.4 Å². The van der Waals surface area contributed by atoms with Crippen LogP contribution in [0.3, 0.4) is 0 Å². The van der Waals surface area contributed by atoms with Gasteiger partial charge in [-0.1, -0.05) is 112 Å². The van der Waals surface area contributed by atoms with Crippen molar-refractivity contribution in [3.05, 3.63) is 108 Å². The van der Waals surface area contributed by atoms with E-state index in [2.05, 4.69) is 122 Å². The Hall–Kier alpha value is -3.04.